The Bertz CT molecular complexity index is 483. The number of hydrogen-bond acceptors (Lipinski definition) is 3. The second kappa shape index (κ2) is 5.84. The van der Waals surface area contributed by atoms with Gasteiger partial charge in [-0.25, -0.2) is 0 Å². The molecule has 0 bridgehead atoms. The van der Waals surface area contributed by atoms with E-state index in [1.807, 2.05) is 0 Å². The minimum absolute atomic E-state index is 0.220. The molecule has 0 radical (unpaired) electrons. The van der Waals surface area contributed by atoms with E-state index in [9.17, 15) is 9.59 Å². The Morgan fingerprint density at radius 1 is 1.47 bits per heavy atom. The molecule has 1 aliphatic carbocycles. The number of primary amides is 1. The molecule has 5 nitrogen and oxygen atoms in total. The normalized spacial score (nSPS) is 15.8. The largest absolute Gasteiger partial charge is 0.368 e. The van der Waals surface area contributed by atoms with Crippen LogP contribution in [0.15, 0.2) is 24.3 Å². The van der Waals surface area contributed by atoms with E-state index in [1.165, 1.54) is 12.8 Å². The average Bonchev–Trinajstić information content (AvgIpc) is 3.20. The molecule has 1 atom stereocenters. The maximum Gasteiger partial charge on any atom is 0.253 e. The van der Waals surface area contributed by atoms with Gasteiger partial charge in [-0.1, -0.05) is 6.07 Å². The van der Waals surface area contributed by atoms with Crippen LogP contribution in [0.2, 0.25) is 0 Å². The van der Waals surface area contributed by atoms with Gasteiger partial charge in [0.2, 0.25) is 5.91 Å². The predicted octanol–water partition coefficient (Wildman–Crippen LogP) is 1.54. The maximum absolute atomic E-state index is 11.9. The molecule has 0 aliphatic heterocycles. The third-order valence-electron chi connectivity index (χ3n) is 3.06. The molecule has 1 aromatic rings. The summed E-state index contributed by atoms with van der Waals surface area (Å²) in [6.07, 6.45) is 1.88. The zero-order valence-electron chi connectivity index (χ0n) is 10.9. The lowest BCUT2D eigenvalue weighted by Crippen LogP contribution is -2.28. The molecule has 0 aromatic heterocycles. The van der Waals surface area contributed by atoms with Gasteiger partial charge >= 0.3 is 0 Å². The number of rotatable bonds is 6. The predicted molar refractivity (Wildman–Crippen MR) is 71.7 cm³/mol. The van der Waals surface area contributed by atoms with Crippen molar-refractivity contribution < 1.29 is 14.3 Å². The molecule has 1 aromatic carbocycles. The zero-order valence-corrected chi connectivity index (χ0v) is 10.9. The summed E-state index contributed by atoms with van der Waals surface area (Å²) in [5, 5.41) is 2.71. The number of benzene rings is 1. The SMILES string of the molecule is CC(OCC1CC1)C(=O)Nc1cccc(C(N)=O)c1. The van der Waals surface area contributed by atoms with Crippen LogP contribution in [0.5, 0.6) is 0 Å². The monoisotopic (exact) mass is 262 g/mol. The number of carbonyl (C=O) groups excluding carboxylic acids is 2. The van der Waals surface area contributed by atoms with Gasteiger partial charge in [-0.15, -0.1) is 0 Å². The molecule has 1 aliphatic rings. The number of nitrogens with one attached hydrogen (secondary N) is 1. The highest BCUT2D eigenvalue weighted by molar-refractivity contribution is 5.97. The van der Waals surface area contributed by atoms with Gasteiger partial charge in [-0.2, -0.15) is 0 Å². The van der Waals surface area contributed by atoms with Crippen molar-refractivity contribution >= 4 is 17.5 Å². The van der Waals surface area contributed by atoms with Gasteiger partial charge in [0, 0.05) is 11.3 Å². The fraction of sp³-hybridized carbons (Fsp3) is 0.429. The van der Waals surface area contributed by atoms with Crippen molar-refractivity contribution in [1.82, 2.24) is 0 Å². The highest BCUT2D eigenvalue weighted by Gasteiger charge is 2.24. The summed E-state index contributed by atoms with van der Waals surface area (Å²) >= 11 is 0. The van der Waals surface area contributed by atoms with Crippen molar-refractivity contribution in [1.29, 1.82) is 0 Å². The zero-order chi connectivity index (χ0) is 13.8. The van der Waals surface area contributed by atoms with E-state index in [2.05, 4.69) is 5.32 Å². The summed E-state index contributed by atoms with van der Waals surface area (Å²) in [7, 11) is 0. The first-order valence-electron chi connectivity index (χ1n) is 6.38. The van der Waals surface area contributed by atoms with E-state index in [0.717, 1.165) is 0 Å². The third kappa shape index (κ3) is 4.06. The van der Waals surface area contributed by atoms with Crippen LogP contribution in [-0.4, -0.2) is 24.5 Å². The fourth-order valence-electron chi connectivity index (χ4n) is 1.63. The summed E-state index contributed by atoms with van der Waals surface area (Å²) < 4.78 is 5.47. The van der Waals surface area contributed by atoms with Gasteiger partial charge in [-0.3, -0.25) is 9.59 Å². The first-order chi connectivity index (χ1) is 9.06. The van der Waals surface area contributed by atoms with Crippen molar-refractivity contribution in [3.8, 4) is 0 Å². The van der Waals surface area contributed by atoms with Crippen LogP contribution in [0.4, 0.5) is 5.69 Å². The van der Waals surface area contributed by atoms with Gasteiger partial charge in [0.15, 0.2) is 0 Å². The van der Waals surface area contributed by atoms with Gasteiger partial charge in [0.05, 0.1) is 6.61 Å². The van der Waals surface area contributed by atoms with E-state index >= 15 is 0 Å². The topological polar surface area (TPSA) is 81.4 Å². The molecular weight excluding hydrogens is 244 g/mol. The van der Waals surface area contributed by atoms with Crippen LogP contribution in [0, 0.1) is 5.92 Å². The van der Waals surface area contributed by atoms with E-state index < -0.39 is 12.0 Å². The summed E-state index contributed by atoms with van der Waals surface area (Å²) in [6, 6.07) is 6.53. The Kier molecular flexibility index (Phi) is 4.16. The van der Waals surface area contributed by atoms with Gasteiger partial charge < -0.3 is 15.8 Å². The molecule has 2 amide bonds. The Morgan fingerprint density at radius 3 is 2.84 bits per heavy atom. The molecule has 5 heteroatoms. The van der Waals surface area contributed by atoms with Crippen molar-refractivity contribution in [3.63, 3.8) is 0 Å². The summed E-state index contributed by atoms with van der Waals surface area (Å²) in [4.78, 5) is 22.9. The van der Waals surface area contributed by atoms with E-state index in [-0.39, 0.29) is 5.91 Å². The molecule has 102 valence electrons. The number of nitrogens with two attached hydrogens (primary N) is 1. The van der Waals surface area contributed by atoms with Gasteiger partial charge in [-0.05, 0) is 43.9 Å². The molecule has 19 heavy (non-hydrogen) atoms. The first-order valence-corrected chi connectivity index (χ1v) is 6.38. The summed E-state index contributed by atoms with van der Waals surface area (Å²) in [5.74, 6) is -0.121. The molecule has 0 heterocycles. The quantitative estimate of drug-likeness (QED) is 0.815. The van der Waals surface area contributed by atoms with Crippen LogP contribution in [-0.2, 0) is 9.53 Å². The van der Waals surface area contributed by atoms with Gasteiger partial charge in [0.25, 0.3) is 5.91 Å². The van der Waals surface area contributed by atoms with E-state index in [1.54, 1.807) is 31.2 Å². The molecule has 1 unspecified atom stereocenters. The molecule has 0 spiro atoms. The first kappa shape index (κ1) is 13.5. The Morgan fingerprint density at radius 2 is 2.21 bits per heavy atom. The minimum Gasteiger partial charge on any atom is -0.368 e. The number of anilines is 1. The molecule has 1 fully saturated rings. The fourth-order valence-corrected chi connectivity index (χ4v) is 1.63. The highest BCUT2D eigenvalue weighted by atomic mass is 16.5. The number of amides is 2. The van der Waals surface area contributed by atoms with Crippen molar-refractivity contribution in [3.05, 3.63) is 29.8 Å². The lowest BCUT2D eigenvalue weighted by atomic mass is 10.2. The second-order valence-corrected chi connectivity index (χ2v) is 4.85. The maximum atomic E-state index is 11.9. The molecule has 3 N–H and O–H groups in total. The number of carbonyl (C=O) groups is 2. The second-order valence-electron chi connectivity index (χ2n) is 4.85. The highest BCUT2D eigenvalue weighted by Crippen LogP contribution is 2.29. The van der Waals surface area contributed by atoms with Gasteiger partial charge in [0.1, 0.15) is 6.10 Å². The standard InChI is InChI=1S/C14H18N2O3/c1-9(19-8-10-5-6-10)14(18)16-12-4-2-3-11(7-12)13(15)17/h2-4,7,9-10H,5-6,8H2,1H3,(H2,15,17)(H,16,18). The third-order valence-corrected chi connectivity index (χ3v) is 3.06. The Balaban J connectivity index is 1.89. The Hall–Kier alpha value is -1.88. The summed E-state index contributed by atoms with van der Waals surface area (Å²) in [5.41, 5.74) is 6.09. The van der Waals surface area contributed by atoms with Crippen LogP contribution < -0.4 is 11.1 Å². The minimum atomic E-state index is -0.519. The van der Waals surface area contributed by atoms with E-state index in [0.29, 0.717) is 23.8 Å². The molecule has 0 saturated heterocycles. The lowest BCUT2D eigenvalue weighted by Gasteiger charge is -2.13. The van der Waals surface area contributed by atoms with Crippen molar-refractivity contribution in [2.75, 3.05) is 11.9 Å². The summed E-state index contributed by atoms with van der Waals surface area (Å²) in [6.45, 7) is 2.35. The van der Waals surface area contributed by atoms with Crippen LogP contribution in [0.1, 0.15) is 30.1 Å². The smallest absolute Gasteiger partial charge is 0.253 e. The van der Waals surface area contributed by atoms with Crippen LogP contribution in [0.3, 0.4) is 0 Å². The number of ether oxygens (including phenoxy) is 1. The number of hydrogen-bond donors (Lipinski definition) is 2. The van der Waals surface area contributed by atoms with Crippen LogP contribution in [0.25, 0.3) is 0 Å². The van der Waals surface area contributed by atoms with E-state index in [4.69, 9.17) is 10.5 Å². The van der Waals surface area contributed by atoms with Crippen molar-refractivity contribution in [2.45, 2.75) is 25.9 Å². The van der Waals surface area contributed by atoms with Crippen molar-refractivity contribution in [2.24, 2.45) is 11.7 Å². The Labute approximate surface area is 112 Å². The molecule has 2 rings (SSSR count). The molecular formula is C14H18N2O3. The van der Waals surface area contributed by atoms with Crippen LogP contribution >= 0.6 is 0 Å². The average molecular weight is 262 g/mol. The molecule has 1 saturated carbocycles. The lowest BCUT2D eigenvalue weighted by molar-refractivity contribution is -0.126.